The lowest BCUT2D eigenvalue weighted by Gasteiger charge is -2.03. The first kappa shape index (κ1) is 10.7. The van der Waals surface area contributed by atoms with E-state index in [0.717, 1.165) is 12.1 Å². The zero-order valence-corrected chi connectivity index (χ0v) is 9.58. The molecule has 3 nitrogen and oxygen atoms in total. The molecule has 5 heteroatoms. The van der Waals surface area contributed by atoms with Crippen LogP contribution in [0, 0.1) is 0 Å². The van der Waals surface area contributed by atoms with Crippen LogP contribution in [0.5, 0.6) is 0 Å². The van der Waals surface area contributed by atoms with Crippen molar-refractivity contribution in [1.82, 2.24) is 4.98 Å². The molecule has 0 aliphatic heterocycles. The second kappa shape index (κ2) is 3.75. The van der Waals surface area contributed by atoms with Crippen molar-refractivity contribution < 1.29 is 8.42 Å². The summed E-state index contributed by atoms with van der Waals surface area (Å²) in [5.74, 6) is 0. The van der Waals surface area contributed by atoms with Gasteiger partial charge < -0.3 is 0 Å². The second-order valence-electron chi connectivity index (χ2n) is 3.00. The van der Waals surface area contributed by atoms with Crippen molar-refractivity contribution >= 4 is 21.2 Å². The Labute approximate surface area is 82.7 Å². The highest BCUT2D eigenvalue weighted by Gasteiger charge is 2.20. The van der Waals surface area contributed by atoms with Crippen molar-refractivity contribution in [3.05, 3.63) is 16.1 Å². The number of nitrogens with zero attached hydrogens (tertiary/aromatic N) is 1. The van der Waals surface area contributed by atoms with E-state index in [-0.39, 0.29) is 0 Å². The van der Waals surface area contributed by atoms with Gasteiger partial charge in [-0.2, -0.15) is 0 Å². The molecule has 1 rings (SSSR count). The smallest absolute Gasteiger partial charge is 0.156 e. The number of aromatic nitrogens is 1. The molecule has 0 spiro atoms. The van der Waals surface area contributed by atoms with Crippen LogP contribution in [0.3, 0.4) is 0 Å². The predicted octanol–water partition coefficient (Wildman–Crippen LogP) is 1.81. The number of rotatable bonds is 3. The van der Waals surface area contributed by atoms with E-state index < -0.39 is 15.1 Å². The van der Waals surface area contributed by atoms with E-state index in [2.05, 4.69) is 4.98 Å². The summed E-state index contributed by atoms with van der Waals surface area (Å²) >= 11 is 1.42. The van der Waals surface area contributed by atoms with Crippen molar-refractivity contribution in [3.8, 4) is 0 Å². The first-order valence-electron chi connectivity index (χ1n) is 4.08. The van der Waals surface area contributed by atoms with Gasteiger partial charge in [0, 0.05) is 11.6 Å². The zero-order valence-electron chi connectivity index (χ0n) is 7.94. The van der Waals surface area contributed by atoms with Crippen LogP contribution >= 0.6 is 11.3 Å². The van der Waals surface area contributed by atoms with Gasteiger partial charge in [0.05, 0.1) is 5.69 Å². The minimum atomic E-state index is -3.00. The Kier molecular flexibility index (Phi) is 3.08. The van der Waals surface area contributed by atoms with Gasteiger partial charge in [-0.05, 0) is 13.3 Å². The van der Waals surface area contributed by atoms with Crippen LogP contribution in [-0.2, 0) is 16.3 Å². The number of hydrogen-bond donors (Lipinski definition) is 0. The summed E-state index contributed by atoms with van der Waals surface area (Å²) < 4.78 is 22.4. The molecule has 0 saturated carbocycles. The van der Waals surface area contributed by atoms with E-state index in [9.17, 15) is 8.42 Å². The van der Waals surface area contributed by atoms with Gasteiger partial charge in [-0.1, -0.05) is 6.92 Å². The van der Waals surface area contributed by atoms with Crippen LogP contribution < -0.4 is 0 Å². The SMILES string of the molecule is CCc1csc(C(C)S(C)(=O)=O)n1. The van der Waals surface area contributed by atoms with Crippen molar-refractivity contribution in [2.75, 3.05) is 6.26 Å². The first-order valence-corrected chi connectivity index (χ1v) is 6.91. The number of sulfone groups is 1. The van der Waals surface area contributed by atoms with Gasteiger partial charge in [0.1, 0.15) is 10.3 Å². The van der Waals surface area contributed by atoms with Crippen molar-refractivity contribution in [2.24, 2.45) is 0 Å². The topological polar surface area (TPSA) is 47.0 Å². The molecule has 0 N–H and O–H groups in total. The van der Waals surface area contributed by atoms with Crippen LogP contribution in [0.1, 0.15) is 29.8 Å². The molecule has 1 aromatic heterocycles. The maximum atomic E-state index is 11.2. The summed E-state index contributed by atoms with van der Waals surface area (Å²) in [5, 5.41) is 2.13. The van der Waals surface area contributed by atoms with Gasteiger partial charge in [-0.25, -0.2) is 13.4 Å². The fourth-order valence-corrected chi connectivity index (χ4v) is 2.80. The Bertz CT molecular complexity index is 381. The highest BCUT2D eigenvalue weighted by molar-refractivity contribution is 7.91. The average Bonchev–Trinajstić information content (AvgIpc) is 2.48. The maximum absolute atomic E-state index is 11.2. The molecular weight excluding hydrogens is 206 g/mol. The van der Waals surface area contributed by atoms with Crippen molar-refractivity contribution in [3.63, 3.8) is 0 Å². The summed E-state index contributed by atoms with van der Waals surface area (Å²) in [4.78, 5) is 4.23. The normalized spacial score (nSPS) is 14.4. The summed E-state index contributed by atoms with van der Waals surface area (Å²) in [6.07, 6.45) is 2.09. The highest BCUT2D eigenvalue weighted by atomic mass is 32.2. The van der Waals surface area contributed by atoms with Gasteiger partial charge in [0.25, 0.3) is 0 Å². The van der Waals surface area contributed by atoms with Gasteiger partial charge in [0.15, 0.2) is 9.84 Å². The van der Waals surface area contributed by atoms with Crippen LogP contribution in [0.25, 0.3) is 0 Å². The van der Waals surface area contributed by atoms with Gasteiger partial charge in [-0.3, -0.25) is 0 Å². The third-order valence-corrected chi connectivity index (χ3v) is 4.65. The quantitative estimate of drug-likeness (QED) is 0.779. The minimum Gasteiger partial charge on any atom is -0.245 e. The monoisotopic (exact) mass is 219 g/mol. The largest absolute Gasteiger partial charge is 0.245 e. The molecule has 0 aliphatic rings. The molecule has 0 aliphatic carbocycles. The van der Waals surface area contributed by atoms with Crippen LogP contribution in [-0.4, -0.2) is 19.7 Å². The molecule has 1 heterocycles. The fourth-order valence-electron chi connectivity index (χ4n) is 0.855. The standard InChI is InChI=1S/C8H13NO2S2/c1-4-7-5-12-8(9-7)6(2)13(3,10)11/h5-6H,4H2,1-3H3. The Morgan fingerprint density at radius 2 is 2.23 bits per heavy atom. The Hall–Kier alpha value is -0.420. The van der Waals surface area contributed by atoms with Crippen LogP contribution in [0.2, 0.25) is 0 Å². The van der Waals surface area contributed by atoms with Crippen LogP contribution in [0.15, 0.2) is 5.38 Å². The molecule has 1 unspecified atom stereocenters. The van der Waals surface area contributed by atoms with E-state index in [0.29, 0.717) is 5.01 Å². The number of thiazole rings is 1. The lowest BCUT2D eigenvalue weighted by atomic mass is 10.4. The summed E-state index contributed by atoms with van der Waals surface area (Å²) in [5.41, 5.74) is 0.968. The number of aryl methyl sites for hydroxylation is 1. The molecule has 74 valence electrons. The molecule has 0 amide bonds. The summed E-state index contributed by atoms with van der Waals surface area (Å²) in [7, 11) is -3.00. The van der Waals surface area contributed by atoms with Gasteiger partial charge in [0.2, 0.25) is 0 Å². The van der Waals surface area contributed by atoms with Gasteiger partial charge in [-0.15, -0.1) is 11.3 Å². The predicted molar refractivity (Wildman–Crippen MR) is 54.8 cm³/mol. The molecular formula is C8H13NO2S2. The lowest BCUT2D eigenvalue weighted by molar-refractivity contribution is 0.592. The Morgan fingerprint density at radius 3 is 2.62 bits per heavy atom. The molecule has 13 heavy (non-hydrogen) atoms. The first-order chi connectivity index (χ1) is 5.95. The van der Waals surface area contributed by atoms with E-state index in [1.165, 1.54) is 17.6 Å². The third-order valence-electron chi connectivity index (χ3n) is 1.92. The minimum absolute atomic E-state index is 0.474. The molecule has 0 aromatic carbocycles. The Balaban J connectivity index is 2.96. The number of hydrogen-bond acceptors (Lipinski definition) is 4. The van der Waals surface area contributed by atoms with Crippen molar-refractivity contribution in [2.45, 2.75) is 25.5 Å². The van der Waals surface area contributed by atoms with E-state index in [1.54, 1.807) is 6.92 Å². The highest BCUT2D eigenvalue weighted by Crippen LogP contribution is 2.24. The summed E-state index contributed by atoms with van der Waals surface area (Å²) in [6.45, 7) is 3.68. The molecule has 0 saturated heterocycles. The second-order valence-corrected chi connectivity index (χ2v) is 6.26. The molecule has 1 aromatic rings. The van der Waals surface area contributed by atoms with Crippen molar-refractivity contribution in [1.29, 1.82) is 0 Å². The van der Waals surface area contributed by atoms with E-state index in [1.807, 2.05) is 12.3 Å². The van der Waals surface area contributed by atoms with E-state index >= 15 is 0 Å². The molecule has 0 radical (unpaired) electrons. The maximum Gasteiger partial charge on any atom is 0.156 e. The molecule has 0 fully saturated rings. The van der Waals surface area contributed by atoms with E-state index in [4.69, 9.17) is 0 Å². The van der Waals surface area contributed by atoms with Gasteiger partial charge >= 0.3 is 0 Å². The summed E-state index contributed by atoms with van der Waals surface area (Å²) in [6, 6.07) is 0. The van der Waals surface area contributed by atoms with Crippen LogP contribution in [0.4, 0.5) is 0 Å². The Morgan fingerprint density at radius 1 is 1.62 bits per heavy atom. The third kappa shape index (κ3) is 2.51. The fraction of sp³-hybridized carbons (Fsp3) is 0.625. The average molecular weight is 219 g/mol. The zero-order chi connectivity index (χ0) is 10.1. The molecule has 0 bridgehead atoms. The molecule has 1 atom stereocenters. The lowest BCUT2D eigenvalue weighted by Crippen LogP contribution is -2.07.